The van der Waals surface area contributed by atoms with E-state index < -0.39 is 35.6 Å². The van der Waals surface area contributed by atoms with Gasteiger partial charge in [0.25, 0.3) is 35.6 Å². The Bertz CT molecular complexity index is 325. The van der Waals surface area contributed by atoms with Crippen LogP contribution in [0.4, 0.5) is 0 Å². The molecule has 7 N–H and O–H groups in total. The molecule has 0 aliphatic carbocycles. The van der Waals surface area contributed by atoms with Gasteiger partial charge < -0.3 is 36.5 Å². The molecule has 0 radical (unpaired) electrons. The Morgan fingerprint density at radius 2 is 0.265 bits per heavy atom. The number of rotatable bonds is 0. The maximum atomic E-state index is 8.36. The van der Waals surface area contributed by atoms with E-state index in [4.69, 9.17) is 107 Å². The first-order valence-corrected chi connectivity index (χ1v) is 3.96. The molecule has 0 amide bonds. The zero-order valence-electron chi connectivity index (χ0n) is 12.0. The summed E-state index contributed by atoms with van der Waals surface area (Å²) in [6, 6.07) is 0. The van der Waals surface area contributed by atoms with E-state index in [0.29, 0.717) is 0 Å². The first kappa shape index (κ1) is 83.2. The molecule has 0 saturated heterocycles. The van der Waals surface area contributed by atoms with Gasteiger partial charge in [0.05, 0.1) is 0 Å². The fourth-order valence-corrected chi connectivity index (χ4v) is 0. The molecule has 0 aliphatic heterocycles. The van der Waals surface area contributed by atoms with E-state index in [0.717, 1.165) is 0 Å². The Morgan fingerprint density at radius 1 is 0.265 bits per heavy atom. The summed E-state index contributed by atoms with van der Waals surface area (Å²) in [5, 5.41) is 95.5. The van der Waals surface area contributed by atoms with Crippen LogP contribution in [0.25, 0.3) is 0 Å². The third-order valence-electron chi connectivity index (χ3n) is 0. The molecule has 0 saturated carbocycles. The van der Waals surface area contributed by atoms with Gasteiger partial charge in [0.15, 0.2) is 0 Å². The Balaban J connectivity index is -0.0000000134. The van der Waals surface area contributed by atoms with Crippen LogP contribution in [-0.2, 0) is 0 Å². The van der Waals surface area contributed by atoms with Gasteiger partial charge in [-0.2, -0.15) is 0 Å². The third-order valence-corrected chi connectivity index (χ3v) is 0. The predicted octanol–water partition coefficient (Wildman–Crippen LogP) is -7.93. The summed E-state index contributed by atoms with van der Waals surface area (Å²) >= 11 is 0. The van der Waals surface area contributed by atoms with Crippen molar-refractivity contribution in [1.82, 2.24) is 0 Å². The molecule has 0 aromatic rings. The molecule has 34 heavy (non-hydrogen) atoms. The molecule has 0 heterocycles. The fourth-order valence-electron chi connectivity index (χ4n) is 0. The van der Waals surface area contributed by atoms with Gasteiger partial charge in [0.1, 0.15) is 0 Å². The summed E-state index contributed by atoms with van der Waals surface area (Å²) in [5.74, 6) is 0. The van der Waals surface area contributed by atoms with Crippen LogP contribution in [0.2, 0.25) is 0 Å². The zero-order valence-corrected chi connectivity index (χ0v) is 12.0. The average Bonchev–Trinajstić information content (AvgIpc) is 2.20. The van der Waals surface area contributed by atoms with Gasteiger partial charge in [-0.15, -0.1) is 70.8 Å². The molecule has 0 aromatic carbocycles. The first-order chi connectivity index (χ1) is 12.1. The minimum absolute atomic E-state index is 0. The maximum absolute atomic E-state index is 8.36. The van der Waals surface area contributed by atoms with Crippen LogP contribution in [0.15, 0.2) is 0 Å². The topological polar surface area (TPSA) is 444 Å². The van der Waals surface area contributed by atoms with Crippen molar-refractivity contribution in [2.24, 2.45) is 0 Å². The Morgan fingerprint density at radius 3 is 0.265 bits per heavy atom. The first-order valence-electron chi connectivity index (χ1n) is 3.96. The van der Waals surface area contributed by atoms with E-state index >= 15 is 0 Å². The molecule has 0 bridgehead atoms. The van der Waals surface area contributed by atoms with Gasteiger partial charge in [0.2, 0.25) is 0 Å². The molecule has 0 fully saturated rings. The van der Waals surface area contributed by atoms with Crippen LogP contribution in [0.1, 0.15) is 0 Å². The van der Waals surface area contributed by atoms with Gasteiger partial charge in [0, 0.05) is 0 Å². The van der Waals surface area contributed by atoms with Crippen LogP contribution < -0.4 is 0 Å². The van der Waals surface area contributed by atoms with Crippen molar-refractivity contribution in [1.29, 1.82) is 0 Å². The van der Waals surface area contributed by atoms with E-state index in [-0.39, 0.29) is 293 Å². The SMILES string of the molecule is O=[N+]([O-])O.O=[N+]([O-])O.O=[N+]([O-])O.O=[N+]([O-])O.O=[N+]([O-])O.O=[N+]([O-])O.O=[N+]([O-])O.[BaH2].[BaH2].[BaH2].[BaH2].[BaH2].[BaH2]. The van der Waals surface area contributed by atoms with Crippen molar-refractivity contribution in [3.63, 3.8) is 0 Å². The molecule has 34 heteroatoms. The Labute approximate surface area is 424 Å². The zero-order chi connectivity index (χ0) is 25.0. The second-order valence-corrected chi connectivity index (χ2v) is 1.66. The molecular formula is H19Ba6N7O21. The van der Waals surface area contributed by atoms with Crippen LogP contribution in [-0.4, -0.2) is 365 Å². The summed E-state index contributed by atoms with van der Waals surface area (Å²) in [6.07, 6.45) is 0. The summed E-state index contributed by atoms with van der Waals surface area (Å²) in [6.45, 7) is 0. The second-order valence-electron chi connectivity index (χ2n) is 1.66. The van der Waals surface area contributed by atoms with Crippen LogP contribution in [0.5, 0.6) is 0 Å². The van der Waals surface area contributed by atoms with Gasteiger partial charge in [-0.3, -0.25) is 0 Å². The van der Waals surface area contributed by atoms with Gasteiger partial charge in [-0.1, -0.05) is 0 Å². The number of hydrogen-bond acceptors (Lipinski definition) is 14. The van der Waals surface area contributed by atoms with E-state index in [1.807, 2.05) is 0 Å². The van der Waals surface area contributed by atoms with Crippen molar-refractivity contribution in [3.8, 4) is 0 Å². The number of hydrogen-bond donors (Lipinski definition) is 7. The molecular weight excluding hydrogens is 1260 g/mol. The molecule has 0 unspecified atom stereocenters. The number of nitrogens with zero attached hydrogens (tertiary/aromatic N) is 7. The van der Waals surface area contributed by atoms with Crippen LogP contribution in [0.3, 0.4) is 0 Å². The fraction of sp³-hybridized carbons (Fsp3) is 0. The van der Waals surface area contributed by atoms with Crippen molar-refractivity contribution in [2.45, 2.75) is 0 Å². The molecule has 0 atom stereocenters. The molecule has 28 nitrogen and oxygen atoms in total. The van der Waals surface area contributed by atoms with Crippen LogP contribution >= 0.6 is 0 Å². The average molecular weight is 1280 g/mol. The van der Waals surface area contributed by atoms with Gasteiger partial charge in [-0.05, 0) is 0 Å². The van der Waals surface area contributed by atoms with Crippen molar-refractivity contribution < 1.29 is 72.1 Å². The summed E-state index contributed by atoms with van der Waals surface area (Å²) in [5.41, 5.74) is 0. The molecule has 0 aliphatic rings. The van der Waals surface area contributed by atoms with Crippen molar-refractivity contribution in [3.05, 3.63) is 70.8 Å². The van der Waals surface area contributed by atoms with Gasteiger partial charge >= 0.3 is 293 Å². The van der Waals surface area contributed by atoms with E-state index in [1.54, 1.807) is 0 Å². The molecule has 0 rings (SSSR count). The Kier molecular flexibility index (Phi) is 188. The van der Waals surface area contributed by atoms with E-state index in [9.17, 15) is 0 Å². The van der Waals surface area contributed by atoms with Crippen LogP contribution in [0, 0.1) is 70.8 Å². The monoisotopic (exact) mass is 1280 g/mol. The molecule has 0 aromatic heterocycles. The van der Waals surface area contributed by atoms with Crippen molar-refractivity contribution in [2.75, 3.05) is 0 Å². The minimum atomic E-state index is -1.50. The second kappa shape index (κ2) is 76.7. The summed E-state index contributed by atoms with van der Waals surface area (Å²) < 4.78 is 0. The van der Waals surface area contributed by atoms with Crippen molar-refractivity contribution >= 4 is 293 Å². The van der Waals surface area contributed by atoms with Gasteiger partial charge in [-0.25, -0.2) is 0 Å². The molecule has 0 spiro atoms. The standard InChI is InChI=1S/6Ba.7HNO3.12H/c;;;;;;7*2-1(3)4;;;;;;;;;;;;/h;;;;;;7*(H,2,3,4);;;;;;;;;;;;. The predicted molar refractivity (Wildman–Crippen MR) is 113 cm³/mol. The molecule has 192 valence electrons. The van der Waals surface area contributed by atoms with E-state index in [2.05, 4.69) is 0 Å². The normalized spacial score (nSPS) is 4.94. The summed E-state index contributed by atoms with van der Waals surface area (Å²) in [4.78, 5) is 58.5. The third kappa shape index (κ3) is 2970. The Hall–Kier alpha value is 3.83. The quantitative estimate of drug-likeness (QED) is 0.0673. The summed E-state index contributed by atoms with van der Waals surface area (Å²) in [7, 11) is 0. The van der Waals surface area contributed by atoms with E-state index in [1.165, 1.54) is 0 Å².